The molecule has 3 heteroatoms. The molecule has 0 fully saturated rings. The minimum Gasteiger partial charge on any atom is -0.481 e. The molecule has 0 heterocycles. The van der Waals surface area contributed by atoms with Gasteiger partial charge in [-0.2, -0.15) is 0 Å². The van der Waals surface area contributed by atoms with Crippen LogP contribution in [0.25, 0.3) is 0 Å². The number of hydrogen-bond donors (Lipinski definition) is 2. The summed E-state index contributed by atoms with van der Waals surface area (Å²) >= 11 is 0. The maximum Gasteiger partial charge on any atom is 0.303 e. The number of carboxylic acid groups (broad SMARTS) is 1. The third kappa shape index (κ3) is 4.75. The smallest absolute Gasteiger partial charge is 0.303 e. The Morgan fingerprint density at radius 3 is 2.08 bits per heavy atom. The predicted molar refractivity (Wildman–Crippen MR) is 102 cm³/mol. The van der Waals surface area contributed by atoms with Gasteiger partial charge in [-0.25, -0.2) is 0 Å². The minimum absolute atomic E-state index is 0.0362. The topological polar surface area (TPSA) is 49.3 Å². The summed E-state index contributed by atoms with van der Waals surface area (Å²) < 4.78 is 0. The van der Waals surface area contributed by atoms with E-state index >= 15 is 0 Å². The highest BCUT2D eigenvalue weighted by molar-refractivity contribution is 5.66. The van der Waals surface area contributed by atoms with E-state index in [1.54, 1.807) is 0 Å². The Morgan fingerprint density at radius 1 is 1.04 bits per heavy atom. The van der Waals surface area contributed by atoms with Crippen LogP contribution in [0.3, 0.4) is 0 Å². The Kier molecular flexibility index (Phi) is 6.88. The molecule has 1 aromatic carbocycles. The molecule has 0 radical (unpaired) electrons. The first-order valence-corrected chi connectivity index (χ1v) is 9.03. The monoisotopic (exact) mass is 333 g/mol. The summed E-state index contributed by atoms with van der Waals surface area (Å²) in [4.78, 5) is 10.9. The van der Waals surface area contributed by atoms with Gasteiger partial charge in [-0.1, -0.05) is 59.7 Å². The zero-order valence-electron chi connectivity index (χ0n) is 16.4. The van der Waals surface area contributed by atoms with Crippen molar-refractivity contribution < 1.29 is 9.90 Å². The van der Waals surface area contributed by atoms with Crippen LogP contribution < -0.4 is 5.32 Å². The highest BCUT2D eigenvalue weighted by Crippen LogP contribution is 2.51. The second-order valence-corrected chi connectivity index (χ2v) is 8.36. The van der Waals surface area contributed by atoms with Gasteiger partial charge in [-0.15, -0.1) is 0 Å². The summed E-state index contributed by atoms with van der Waals surface area (Å²) in [6.07, 6.45) is 0.964. The van der Waals surface area contributed by atoms with Crippen molar-refractivity contribution in [2.75, 3.05) is 5.32 Å². The number of rotatable bonds is 9. The molecule has 3 nitrogen and oxygen atoms in total. The molecule has 2 N–H and O–H groups in total. The minimum atomic E-state index is -0.706. The van der Waals surface area contributed by atoms with Gasteiger partial charge in [0.05, 0.1) is 0 Å². The van der Waals surface area contributed by atoms with E-state index in [9.17, 15) is 4.79 Å². The van der Waals surface area contributed by atoms with Crippen LogP contribution in [-0.2, 0) is 4.79 Å². The van der Waals surface area contributed by atoms with E-state index in [2.05, 4.69) is 65.9 Å². The van der Waals surface area contributed by atoms with Gasteiger partial charge in [-0.05, 0) is 48.1 Å². The van der Waals surface area contributed by atoms with Crippen LogP contribution in [-0.4, -0.2) is 17.1 Å². The highest BCUT2D eigenvalue weighted by atomic mass is 16.4. The molecular formula is C21H35NO2. The van der Waals surface area contributed by atoms with Gasteiger partial charge >= 0.3 is 5.97 Å². The standard InChI is InChI=1S/C21H35NO2/c1-15(13-14-19(23)24)20(4,5)21(6,7)16(2)17(3)22-18-11-9-8-10-12-18/h8-12,15-17,22H,13-14H2,1-7H3,(H,23,24). The molecule has 136 valence electrons. The van der Waals surface area contributed by atoms with Crippen LogP contribution in [0.1, 0.15) is 61.3 Å². The molecule has 0 saturated heterocycles. The molecule has 3 atom stereocenters. The molecule has 0 aliphatic heterocycles. The van der Waals surface area contributed by atoms with Gasteiger partial charge in [0.1, 0.15) is 0 Å². The van der Waals surface area contributed by atoms with E-state index < -0.39 is 5.97 Å². The Hall–Kier alpha value is -1.51. The quantitative estimate of drug-likeness (QED) is 0.611. The zero-order chi connectivity index (χ0) is 18.5. The van der Waals surface area contributed by atoms with E-state index in [0.717, 1.165) is 12.1 Å². The van der Waals surface area contributed by atoms with Gasteiger partial charge < -0.3 is 10.4 Å². The number of benzene rings is 1. The summed E-state index contributed by atoms with van der Waals surface area (Å²) in [5.41, 5.74) is 1.24. The molecule has 0 aliphatic carbocycles. The SMILES string of the molecule is CC(Nc1ccccc1)C(C)C(C)(C)C(C)(C)C(C)CCC(=O)O. The van der Waals surface area contributed by atoms with Crippen LogP contribution in [0.2, 0.25) is 0 Å². The summed E-state index contributed by atoms with van der Waals surface area (Å²) in [6.45, 7) is 15.9. The maximum atomic E-state index is 10.9. The van der Waals surface area contributed by atoms with Crippen LogP contribution in [0.15, 0.2) is 30.3 Å². The number of carbonyl (C=O) groups is 1. The number of para-hydroxylation sites is 1. The lowest BCUT2D eigenvalue weighted by Crippen LogP contribution is -2.47. The van der Waals surface area contributed by atoms with E-state index in [1.165, 1.54) is 0 Å². The van der Waals surface area contributed by atoms with Gasteiger partial charge in [0.2, 0.25) is 0 Å². The molecule has 0 aliphatic rings. The van der Waals surface area contributed by atoms with Crippen LogP contribution in [0, 0.1) is 22.7 Å². The Balaban J connectivity index is 2.84. The summed E-state index contributed by atoms with van der Waals surface area (Å²) in [7, 11) is 0. The molecule has 0 saturated carbocycles. The van der Waals surface area contributed by atoms with Crippen molar-refractivity contribution in [2.45, 2.75) is 67.3 Å². The maximum absolute atomic E-state index is 10.9. The van der Waals surface area contributed by atoms with E-state index in [0.29, 0.717) is 17.9 Å². The largest absolute Gasteiger partial charge is 0.481 e. The second kappa shape index (κ2) is 8.04. The number of hydrogen-bond acceptors (Lipinski definition) is 2. The molecule has 0 spiro atoms. The number of nitrogens with one attached hydrogen (secondary N) is 1. The van der Waals surface area contributed by atoms with Crippen molar-refractivity contribution in [3.63, 3.8) is 0 Å². The van der Waals surface area contributed by atoms with Gasteiger partial charge in [0.15, 0.2) is 0 Å². The first-order valence-electron chi connectivity index (χ1n) is 9.03. The second-order valence-electron chi connectivity index (χ2n) is 8.36. The summed E-state index contributed by atoms with van der Waals surface area (Å²) in [5.74, 6) is 0.0672. The van der Waals surface area contributed by atoms with Crippen molar-refractivity contribution in [2.24, 2.45) is 22.7 Å². The molecule has 24 heavy (non-hydrogen) atoms. The number of carboxylic acids is 1. The predicted octanol–water partition coefficient (Wildman–Crippen LogP) is 5.68. The fourth-order valence-electron chi connectivity index (χ4n) is 3.47. The molecule has 0 amide bonds. The normalized spacial score (nSPS) is 16.3. The van der Waals surface area contributed by atoms with E-state index in [4.69, 9.17) is 5.11 Å². The van der Waals surface area contributed by atoms with Crippen molar-refractivity contribution in [3.05, 3.63) is 30.3 Å². The first-order chi connectivity index (χ1) is 11.0. The van der Waals surface area contributed by atoms with E-state index in [1.807, 2.05) is 18.2 Å². The lowest BCUT2D eigenvalue weighted by atomic mass is 9.55. The Morgan fingerprint density at radius 2 is 1.58 bits per heavy atom. The molecule has 1 aromatic rings. The van der Waals surface area contributed by atoms with Crippen molar-refractivity contribution in [1.29, 1.82) is 0 Å². The van der Waals surface area contributed by atoms with Crippen molar-refractivity contribution in [3.8, 4) is 0 Å². The number of aliphatic carboxylic acids is 1. The van der Waals surface area contributed by atoms with Crippen molar-refractivity contribution in [1.82, 2.24) is 0 Å². The van der Waals surface area contributed by atoms with Gasteiger partial charge in [0, 0.05) is 18.2 Å². The summed E-state index contributed by atoms with van der Waals surface area (Å²) in [6, 6.07) is 10.6. The highest BCUT2D eigenvalue weighted by Gasteiger charge is 2.45. The van der Waals surface area contributed by atoms with Crippen molar-refractivity contribution >= 4 is 11.7 Å². The molecule has 0 aromatic heterocycles. The fraction of sp³-hybridized carbons (Fsp3) is 0.667. The molecule has 3 unspecified atom stereocenters. The molecular weight excluding hydrogens is 298 g/mol. The average molecular weight is 334 g/mol. The molecule has 1 rings (SSSR count). The fourth-order valence-corrected chi connectivity index (χ4v) is 3.47. The van der Waals surface area contributed by atoms with Crippen LogP contribution >= 0.6 is 0 Å². The summed E-state index contributed by atoms with van der Waals surface area (Å²) in [5, 5.41) is 12.6. The Bertz CT molecular complexity index is 522. The first kappa shape index (κ1) is 20.5. The number of anilines is 1. The van der Waals surface area contributed by atoms with E-state index in [-0.39, 0.29) is 17.3 Å². The zero-order valence-corrected chi connectivity index (χ0v) is 16.4. The third-order valence-corrected chi connectivity index (χ3v) is 6.74. The van der Waals surface area contributed by atoms with Crippen LogP contribution in [0.4, 0.5) is 5.69 Å². The molecule has 0 bridgehead atoms. The lowest BCUT2D eigenvalue weighted by molar-refractivity contribution is -0.137. The van der Waals surface area contributed by atoms with Gasteiger partial charge in [0.25, 0.3) is 0 Å². The van der Waals surface area contributed by atoms with Gasteiger partial charge in [-0.3, -0.25) is 4.79 Å². The third-order valence-electron chi connectivity index (χ3n) is 6.74. The van der Waals surface area contributed by atoms with Crippen LogP contribution in [0.5, 0.6) is 0 Å². The Labute approximate surface area is 147 Å². The average Bonchev–Trinajstić information content (AvgIpc) is 2.52. The lowest BCUT2D eigenvalue weighted by Gasteiger charge is -2.51.